The van der Waals surface area contributed by atoms with Crippen molar-refractivity contribution in [1.82, 2.24) is 16.1 Å². The van der Waals surface area contributed by atoms with E-state index in [1.54, 1.807) is 45.9 Å². The van der Waals surface area contributed by atoms with E-state index in [0.29, 0.717) is 21.3 Å². The molecule has 3 amide bonds. The van der Waals surface area contributed by atoms with Crippen LogP contribution in [-0.4, -0.2) is 55.5 Å². The van der Waals surface area contributed by atoms with Gasteiger partial charge < -0.3 is 29.6 Å². The number of carbonyl (C=O) groups excluding carboxylic acids is 3. The minimum atomic E-state index is -0.805. The Morgan fingerprint density at radius 3 is 2.62 bits per heavy atom. The maximum Gasteiger partial charge on any atom is 0.338 e. The van der Waals surface area contributed by atoms with E-state index >= 15 is 0 Å². The number of halogens is 1. The van der Waals surface area contributed by atoms with Crippen LogP contribution >= 0.6 is 15.9 Å². The number of ether oxygens (including phenoxy) is 4. The molecule has 1 aliphatic rings. The molecule has 0 unspecified atom stereocenters. The molecule has 0 bridgehead atoms. The third kappa shape index (κ3) is 7.96. The Hall–Kier alpha value is -4.66. The van der Waals surface area contributed by atoms with Crippen LogP contribution < -0.4 is 30.3 Å². The molecule has 0 fully saturated rings. The second-order valence-electron chi connectivity index (χ2n) is 9.06. The lowest BCUT2D eigenvalue weighted by Crippen LogP contribution is -2.45. The summed E-state index contributed by atoms with van der Waals surface area (Å²) in [5, 5.41) is 20.6. The number of amides is 3. The van der Waals surface area contributed by atoms with Crippen LogP contribution in [0.2, 0.25) is 0 Å². The van der Waals surface area contributed by atoms with Crippen molar-refractivity contribution in [3.05, 3.63) is 67.3 Å². The summed E-state index contributed by atoms with van der Waals surface area (Å²) < 4.78 is 22.0. The number of rotatable bonds is 12. The Morgan fingerprint density at radius 1 is 1.24 bits per heavy atom. The van der Waals surface area contributed by atoms with Gasteiger partial charge in [0.1, 0.15) is 0 Å². The van der Waals surface area contributed by atoms with E-state index in [1.807, 2.05) is 0 Å². The zero-order valence-corrected chi connectivity index (χ0v) is 25.1. The molecule has 14 nitrogen and oxygen atoms in total. The quantitative estimate of drug-likeness (QED) is 0.133. The molecule has 3 rings (SSSR count). The Labute approximate surface area is 249 Å². The summed E-state index contributed by atoms with van der Waals surface area (Å²) in [6.45, 7) is 6.51. The third-order valence-corrected chi connectivity index (χ3v) is 6.23. The van der Waals surface area contributed by atoms with E-state index in [9.17, 15) is 24.5 Å². The molecule has 0 saturated heterocycles. The monoisotopic (exact) mass is 647 g/mol. The highest BCUT2D eigenvalue weighted by Crippen LogP contribution is 2.37. The molecule has 1 aliphatic heterocycles. The molecule has 0 radical (unpaired) electrons. The van der Waals surface area contributed by atoms with E-state index in [-0.39, 0.29) is 41.2 Å². The highest BCUT2D eigenvalue weighted by molar-refractivity contribution is 9.10. The van der Waals surface area contributed by atoms with Crippen molar-refractivity contribution in [2.45, 2.75) is 39.8 Å². The number of hydrogen-bond acceptors (Lipinski definition) is 10. The molecule has 0 saturated carbocycles. The van der Waals surface area contributed by atoms with E-state index in [0.717, 1.165) is 0 Å². The van der Waals surface area contributed by atoms with Crippen molar-refractivity contribution >= 4 is 45.7 Å². The molecule has 0 aromatic heterocycles. The summed E-state index contributed by atoms with van der Waals surface area (Å²) in [6.07, 6.45) is 0.968. The summed E-state index contributed by atoms with van der Waals surface area (Å²) in [7, 11) is 1.40. The van der Waals surface area contributed by atoms with Crippen molar-refractivity contribution in [2.24, 2.45) is 5.10 Å². The average Bonchev–Trinajstić information content (AvgIpc) is 2.92. The fourth-order valence-electron chi connectivity index (χ4n) is 3.92. The van der Waals surface area contributed by atoms with Gasteiger partial charge in [-0.2, -0.15) is 5.10 Å². The maximum atomic E-state index is 12.6. The summed E-state index contributed by atoms with van der Waals surface area (Å²) >= 11 is 3.27. The average molecular weight is 648 g/mol. The first-order valence-electron chi connectivity index (χ1n) is 12.7. The maximum absolute atomic E-state index is 12.6. The number of urea groups is 1. The topological polar surface area (TPSA) is 180 Å². The zero-order valence-electron chi connectivity index (χ0n) is 23.5. The van der Waals surface area contributed by atoms with E-state index < -0.39 is 35.5 Å². The SMILES string of the molecule is CCOC(=O)C1=C(C)NC(=O)N[C@H]1c1ccc(OCC(=O)N/N=C/c2cc(Br)c(OC(C)C)c([N+](=O)[O-])c2)c(OC)c1. The lowest BCUT2D eigenvalue weighted by molar-refractivity contribution is -0.386. The minimum Gasteiger partial charge on any atom is -0.493 e. The second kappa shape index (κ2) is 14.3. The van der Waals surface area contributed by atoms with Crippen molar-refractivity contribution in [3.8, 4) is 17.2 Å². The van der Waals surface area contributed by atoms with Gasteiger partial charge in [-0.25, -0.2) is 15.0 Å². The standard InChI is InChI=1S/C27H30BrN5O9/c1-6-40-26(35)23-15(4)30-27(36)31-24(23)17-7-8-20(21(11-17)39-5)41-13-22(34)32-29-12-16-9-18(28)25(42-14(2)3)19(10-16)33(37)38/h7-12,14,24H,6,13H2,1-5H3,(H,32,34)(H2,30,31,36)/b29-12+/t24-/m0/s1. The molecule has 42 heavy (non-hydrogen) atoms. The molecule has 224 valence electrons. The van der Waals surface area contributed by atoms with Gasteiger partial charge in [-0.3, -0.25) is 14.9 Å². The van der Waals surface area contributed by atoms with Crippen molar-refractivity contribution < 1.29 is 38.3 Å². The smallest absolute Gasteiger partial charge is 0.338 e. The molecule has 1 heterocycles. The molecule has 3 N–H and O–H groups in total. The fraction of sp³-hybridized carbons (Fsp3) is 0.333. The van der Waals surface area contributed by atoms with Crippen LogP contribution in [0, 0.1) is 10.1 Å². The number of allylic oxidation sites excluding steroid dienone is 1. The van der Waals surface area contributed by atoms with E-state index in [2.05, 4.69) is 37.1 Å². The number of methoxy groups -OCH3 is 1. The van der Waals surface area contributed by atoms with Gasteiger partial charge in [0.15, 0.2) is 18.1 Å². The van der Waals surface area contributed by atoms with Gasteiger partial charge in [0.2, 0.25) is 5.75 Å². The third-order valence-electron chi connectivity index (χ3n) is 5.64. The predicted molar refractivity (Wildman–Crippen MR) is 155 cm³/mol. The lowest BCUT2D eigenvalue weighted by atomic mass is 9.95. The first kappa shape index (κ1) is 31.9. The van der Waals surface area contributed by atoms with Gasteiger partial charge >= 0.3 is 17.7 Å². The number of carbonyl (C=O) groups is 3. The number of nitro benzene ring substituents is 1. The molecule has 0 spiro atoms. The molecule has 1 atom stereocenters. The van der Waals surface area contributed by atoms with Crippen molar-refractivity contribution in [1.29, 1.82) is 0 Å². The van der Waals surface area contributed by atoms with Crippen LogP contribution in [0.1, 0.15) is 44.9 Å². The Bertz CT molecular complexity index is 1440. The summed E-state index contributed by atoms with van der Waals surface area (Å²) in [6, 6.07) is 6.28. The van der Waals surface area contributed by atoms with Crippen LogP contribution in [0.3, 0.4) is 0 Å². The number of hydrogen-bond donors (Lipinski definition) is 3. The number of nitro groups is 1. The molecular weight excluding hydrogens is 618 g/mol. The summed E-state index contributed by atoms with van der Waals surface area (Å²) in [4.78, 5) is 48.0. The van der Waals surface area contributed by atoms with E-state index in [4.69, 9.17) is 18.9 Å². The van der Waals surface area contributed by atoms with E-state index in [1.165, 1.54) is 25.5 Å². The number of benzene rings is 2. The molecule has 2 aromatic rings. The normalized spacial score (nSPS) is 14.7. The van der Waals surface area contributed by atoms with Gasteiger partial charge in [-0.05, 0) is 67.4 Å². The molecule has 15 heteroatoms. The fourth-order valence-corrected chi connectivity index (χ4v) is 4.48. The highest BCUT2D eigenvalue weighted by Gasteiger charge is 2.32. The number of esters is 1. The first-order chi connectivity index (χ1) is 19.9. The van der Waals surface area contributed by atoms with Crippen LogP contribution in [0.25, 0.3) is 0 Å². The lowest BCUT2D eigenvalue weighted by Gasteiger charge is -2.28. The van der Waals surface area contributed by atoms with Crippen LogP contribution in [0.4, 0.5) is 10.5 Å². The largest absolute Gasteiger partial charge is 0.493 e. The van der Waals surface area contributed by atoms with Gasteiger partial charge in [0.25, 0.3) is 5.91 Å². The van der Waals surface area contributed by atoms with Gasteiger partial charge in [0.05, 0.1) is 47.0 Å². The Kier molecular flexibility index (Phi) is 10.8. The second-order valence-corrected chi connectivity index (χ2v) is 9.91. The highest BCUT2D eigenvalue weighted by atomic mass is 79.9. The number of nitrogens with one attached hydrogen (secondary N) is 3. The molecular formula is C27H30BrN5O9. The van der Waals surface area contributed by atoms with Gasteiger partial charge in [0, 0.05) is 17.3 Å². The summed E-state index contributed by atoms with van der Waals surface area (Å²) in [5.74, 6) is -0.627. The first-order valence-corrected chi connectivity index (χ1v) is 13.5. The van der Waals surface area contributed by atoms with Gasteiger partial charge in [-0.1, -0.05) is 6.07 Å². The minimum absolute atomic E-state index is 0.0929. The number of nitrogens with zero attached hydrogens (tertiary/aromatic N) is 2. The Balaban J connectivity index is 1.69. The van der Waals surface area contributed by atoms with Crippen LogP contribution in [0.5, 0.6) is 17.2 Å². The number of hydrazone groups is 1. The zero-order chi connectivity index (χ0) is 31.0. The van der Waals surface area contributed by atoms with Crippen LogP contribution in [0.15, 0.2) is 51.2 Å². The predicted octanol–water partition coefficient (Wildman–Crippen LogP) is 3.87. The van der Waals surface area contributed by atoms with Crippen molar-refractivity contribution in [2.75, 3.05) is 20.3 Å². The molecule has 0 aliphatic carbocycles. The van der Waals surface area contributed by atoms with Gasteiger partial charge in [-0.15, -0.1) is 0 Å². The molecule has 2 aromatic carbocycles. The van der Waals surface area contributed by atoms with Crippen molar-refractivity contribution in [3.63, 3.8) is 0 Å². The summed E-state index contributed by atoms with van der Waals surface area (Å²) in [5.41, 5.74) is 3.51. The van der Waals surface area contributed by atoms with Crippen LogP contribution in [-0.2, 0) is 14.3 Å². The Morgan fingerprint density at radius 2 is 1.98 bits per heavy atom.